The van der Waals surface area contributed by atoms with Crippen molar-refractivity contribution < 1.29 is 72.9 Å². The summed E-state index contributed by atoms with van der Waals surface area (Å²) in [6.45, 7) is 11.8. The van der Waals surface area contributed by atoms with Crippen LogP contribution in [0.3, 0.4) is 0 Å². The number of nitrogens with one attached hydrogen (secondary N) is 10. The summed E-state index contributed by atoms with van der Waals surface area (Å²) < 4.78 is 0. The molecule has 1 aromatic heterocycles. The third-order valence-electron chi connectivity index (χ3n) is 11.8. The van der Waals surface area contributed by atoms with Gasteiger partial charge in [-0.3, -0.25) is 57.5 Å². The molecule has 10 amide bonds. The third kappa shape index (κ3) is 23.0. The van der Waals surface area contributed by atoms with E-state index in [0.29, 0.717) is 16.5 Å². The minimum Gasteiger partial charge on any atom is -0.481 e. The maximum absolute atomic E-state index is 14.2. The number of carbonyl (C=O) groups is 12. The van der Waals surface area contributed by atoms with E-state index in [2.05, 4.69) is 52.8 Å². The molecule has 0 saturated heterocycles. The van der Waals surface area contributed by atoms with Crippen LogP contribution in [0, 0.1) is 17.8 Å². The highest BCUT2D eigenvalue weighted by Gasteiger charge is 2.36. The average Bonchev–Trinajstić information content (AvgIpc) is 3.74. The molecular weight excluding hydrogens is 1010 g/mol. The highest BCUT2D eigenvalue weighted by molar-refractivity contribution is 5.99. The van der Waals surface area contributed by atoms with Crippen molar-refractivity contribution in [2.24, 2.45) is 29.2 Å². The number of aromatic amines is 1. The SMILES string of the molecule is CC(=O)N[C@@H](CC(C)C)C(=O)N[C@@H](CCC(=O)O)C(=O)N[C@@H](CC(C)C)C(=O)N[C@@H](CC(=O)O)C(=O)N[C@@H](CCN)C(=O)N[C@@H](Cc1c[nH]c2ccccc12)C(=O)N[C@@H](C)C(=O)N[C@@H](CO)C(=O)N[C@@H](CC(C)C)C(N)=O. The topological polar surface area (TPSA) is 442 Å². The van der Waals surface area contributed by atoms with Crippen molar-refractivity contribution >= 4 is 81.9 Å². The van der Waals surface area contributed by atoms with Gasteiger partial charge in [-0.05, 0) is 75.0 Å². The van der Waals surface area contributed by atoms with Crippen LogP contribution in [0.5, 0.6) is 0 Å². The van der Waals surface area contributed by atoms with Crippen LogP contribution in [0.1, 0.15) is 106 Å². The quantitative estimate of drug-likeness (QED) is 0.0342. The van der Waals surface area contributed by atoms with E-state index in [0.717, 1.165) is 0 Å². The van der Waals surface area contributed by atoms with Gasteiger partial charge in [-0.1, -0.05) is 59.7 Å². The number of benzene rings is 1. The second-order valence-electron chi connectivity index (χ2n) is 20.1. The fraction of sp³-hybridized carbons (Fsp3) is 0.600. The number of carbonyl (C=O) groups excluding carboxylic acids is 10. The molecule has 1 aromatic carbocycles. The number of aliphatic hydroxyl groups excluding tert-OH is 1. The maximum atomic E-state index is 14.2. The molecule has 0 aliphatic heterocycles. The predicted octanol–water partition coefficient (Wildman–Crippen LogP) is -2.58. The molecule has 0 unspecified atom stereocenters. The highest BCUT2D eigenvalue weighted by Crippen LogP contribution is 2.20. The summed E-state index contributed by atoms with van der Waals surface area (Å²) in [4.78, 5) is 160. The monoisotopic (exact) mass is 1090 g/mol. The number of hydrogen-bond donors (Lipinski definition) is 15. The van der Waals surface area contributed by atoms with E-state index in [1.807, 2.05) is 0 Å². The molecular formula is C50H78N12O15. The molecule has 0 aliphatic carbocycles. The van der Waals surface area contributed by atoms with Gasteiger partial charge in [0.25, 0.3) is 0 Å². The summed E-state index contributed by atoms with van der Waals surface area (Å²) in [6.07, 6.45) is -0.743. The number of hydrogen-bond acceptors (Lipinski definition) is 14. The van der Waals surface area contributed by atoms with Gasteiger partial charge in [-0.15, -0.1) is 0 Å². The first kappa shape index (κ1) is 65.4. The van der Waals surface area contributed by atoms with Gasteiger partial charge in [0, 0.05) is 36.9 Å². The maximum Gasteiger partial charge on any atom is 0.305 e. The Bertz CT molecular complexity index is 2410. The molecule has 1 heterocycles. The number of primary amides is 1. The molecule has 0 spiro atoms. The Hall–Kier alpha value is -7.68. The number of aliphatic carboxylic acids is 2. The molecule has 0 saturated carbocycles. The van der Waals surface area contributed by atoms with Gasteiger partial charge < -0.3 is 79.6 Å². The lowest BCUT2D eigenvalue weighted by molar-refractivity contribution is -0.142. The molecule has 0 aliphatic rings. The second-order valence-corrected chi connectivity index (χ2v) is 20.1. The first-order valence-electron chi connectivity index (χ1n) is 25.4. The summed E-state index contributed by atoms with van der Waals surface area (Å²) in [6, 6.07) is -6.18. The Labute approximate surface area is 446 Å². The molecule has 77 heavy (non-hydrogen) atoms. The number of aromatic nitrogens is 1. The number of carboxylic acids is 2. The van der Waals surface area contributed by atoms with Gasteiger partial charge in [-0.25, -0.2) is 0 Å². The Kier molecular flexibility index (Phi) is 27.2. The van der Waals surface area contributed by atoms with Gasteiger partial charge in [0.1, 0.15) is 54.4 Å². The van der Waals surface area contributed by atoms with Crippen LogP contribution in [0.15, 0.2) is 30.5 Å². The molecule has 27 heteroatoms. The van der Waals surface area contributed by atoms with Crippen molar-refractivity contribution in [1.29, 1.82) is 0 Å². The van der Waals surface area contributed by atoms with E-state index in [1.165, 1.54) is 13.8 Å². The van der Waals surface area contributed by atoms with Crippen molar-refractivity contribution in [2.45, 2.75) is 161 Å². The van der Waals surface area contributed by atoms with Crippen LogP contribution in [0.4, 0.5) is 0 Å². The summed E-state index contributed by atoms with van der Waals surface area (Å²) in [7, 11) is 0. The molecule has 0 fully saturated rings. The van der Waals surface area contributed by atoms with Crippen LogP contribution >= 0.6 is 0 Å². The zero-order chi connectivity index (χ0) is 58.3. The number of fused-ring (bicyclic) bond motifs is 1. The molecule has 2 rings (SSSR count). The molecule has 0 bridgehead atoms. The largest absolute Gasteiger partial charge is 0.481 e. The minimum atomic E-state index is -1.90. The first-order valence-corrected chi connectivity index (χ1v) is 25.4. The van der Waals surface area contributed by atoms with Crippen LogP contribution in [0.2, 0.25) is 0 Å². The summed E-state index contributed by atoms with van der Waals surface area (Å²) >= 11 is 0. The van der Waals surface area contributed by atoms with Gasteiger partial charge in [0.2, 0.25) is 59.1 Å². The molecule has 0 radical (unpaired) electrons. The Balaban J connectivity index is 2.42. The van der Waals surface area contributed by atoms with Crippen LogP contribution in [0.25, 0.3) is 10.9 Å². The van der Waals surface area contributed by atoms with E-state index in [1.54, 1.807) is 72.0 Å². The Morgan fingerprint density at radius 3 is 1.45 bits per heavy atom. The molecule has 428 valence electrons. The predicted molar refractivity (Wildman–Crippen MR) is 278 cm³/mol. The van der Waals surface area contributed by atoms with Crippen molar-refractivity contribution in [3.63, 3.8) is 0 Å². The summed E-state index contributed by atoms with van der Waals surface area (Å²) in [5, 5.41) is 51.8. The standard InChI is InChI=1S/C50H78N12O15/c1-24(2)17-34(42(52)69)58-50(77)39(23-63)62-43(70)27(7)54-46(73)37(20-29-22-53-31-12-10-9-11-30(29)31)60-45(72)33(15-16-51)57-49(76)38(21-41(67)68)61-48(75)36(19-26(5)6)59-44(71)32(13-14-40(65)66)56-47(74)35(18-25(3)4)55-28(8)64/h9-12,22,24-27,32-39,53,63H,13-21,23,51H2,1-8H3,(H2,52,69)(H,54,73)(H,55,64)(H,56,74)(H,57,76)(H,58,77)(H,59,71)(H,60,72)(H,61,75)(H,62,70)(H,65,66)(H,67,68)/t27-,32-,33-,34-,35-,36-,37-,38-,39-/m0/s1. The Morgan fingerprint density at radius 2 is 0.948 bits per heavy atom. The van der Waals surface area contributed by atoms with Crippen molar-refractivity contribution in [1.82, 2.24) is 52.8 Å². The minimum absolute atomic E-state index is 0.0560. The molecule has 27 nitrogen and oxygen atoms in total. The lowest BCUT2D eigenvalue weighted by Crippen LogP contribution is -2.61. The highest BCUT2D eigenvalue weighted by atomic mass is 16.4. The summed E-state index contributed by atoms with van der Waals surface area (Å²) in [5.74, 6) is -12.6. The number of nitrogens with two attached hydrogens (primary N) is 2. The van der Waals surface area contributed by atoms with Gasteiger partial charge in [0.15, 0.2) is 0 Å². The molecule has 2 aromatic rings. The van der Waals surface area contributed by atoms with E-state index in [9.17, 15) is 72.9 Å². The van der Waals surface area contributed by atoms with E-state index in [-0.39, 0.29) is 56.4 Å². The number of amides is 10. The van der Waals surface area contributed by atoms with Gasteiger partial charge >= 0.3 is 11.9 Å². The number of para-hydroxylation sites is 1. The van der Waals surface area contributed by atoms with Gasteiger partial charge in [0.05, 0.1) is 13.0 Å². The average molecular weight is 1090 g/mol. The van der Waals surface area contributed by atoms with E-state index >= 15 is 0 Å². The Morgan fingerprint density at radius 1 is 0.519 bits per heavy atom. The van der Waals surface area contributed by atoms with Crippen LogP contribution < -0.4 is 59.3 Å². The smallest absolute Gasteiger partial charge is 0.305 e. The third-order valence-corrected chi connectivity index (χ3v) is 11.8. The number of carboxylic acid groups (broad SMARTS) is 2. The number of H-pyrrole nitrogens is 1. The zero-order valence-electron chi connectivity index (χ0n) is 44.8. The fourth-order valence-corrected chi connectivity index (χ4v) is 7.96. The first-order chi connectivity index (χ1) is 36.1. The van der Waals surface area contributed by atoms with Crippen molar-refractivity contribution in [2.75, 3.05) is 13.2 Å². The zero-order valence-corrected chi connectivity index (χ0v) is 44.8. The number of aliphatic hydroxyl groups is 1. The molecule has 17 N–H and O–H groups in total. The van der Waals surface area contributed by atoms with Crippen LogP contribution in [-0.2, 0) is 64.0 Å². The fourth-order valence-electron chi connectivity index (χ4n) is 7.96. The van der Waals surface area contributed by atoms with Gasteiger partial charge in [-0.2, -0.15) is 0 Å². The van der Waals surface area contributed by atoms with Crippen molar-refractivity contribution in [3.8, 4) is 0 Å². The van der Waals surface area contributed by atoms with E-state index in [4.69, 9.17) is 11.5 Å². The van der Waals surface area contributed by atoms with Crippen LogP contribution in [-0.4, -0.2) is 159 Å². The number of rotatable bonds is 34. The second kappa shape index (κ2) is 32.0. The van der Waals surface area contributed by atoms with E-state index < -0.39 is 151 Å². The van der Waals surface area contributed by atoms with Crippen molar-refractivity contribution in [3.05, 3.63) is 36.0 Å². The molecule has 9 atom stereocenters. The normalized spacial score (nSPS) is 14.8. The lowest BCUT2D eigenvalue weighted by Gasteiger charge is -2.28. The summed E-state index contributed by atoms with van der Waals surface area (Å²) in [5.41, 5.74) is 12.5. The lowest BCUT2D eigenvalue weighted by atomic mass is 10.00.